The minimum absolute atomic E-state index is 0.00976. The summed E-state index contributed by atoms with van der Waals surface area (Å²) in [6.07, 6.45) is 0.838. The number of nitrogens with zero attached hydrogens (tertiary/aromatic N) is 1. The molecular formula is C24H22BrN3O2. The van der Waals surface area contributed by atoms with Gasteiger partial charge < -0.3 is 15.5 Å². The van der Waals surface area contributed by atoms with E-state index >= 15 is 0 Å². The van der Waals surface area contributed by atoms with Crippen LogP contribution in [-0.2, 0) is 13.0 Å². The van der Waals surface area contributed by atoms with Crippen LogP contribution in [0.4, 0.5) is 16.2 Å². The van der Waals surface area contributed by atoms with Crippen molar-refractivity contribution in [1.29, 1.82) is 0 Å². The lowest BCUT2D eigenvalue weighted by Gasteiger charge is -2.18. The molecule has 2 N–H and O–H groups in total. The molecule has 3 amide bonds. The second-order valence-electron chi connectivity index (χ2n) is 7.35. The topological polar surface area (TPSA) is 61.4 Å². The van der Waals surface area contributed by atoms with E-state index in [-0.39, 0.29) is 11.9 Å². The molecule has 1 aliphatic rings. The first-order valence-corrected chi connectivity index (χ1v) is 10.6. The Kier molecular flexibility index (Phi) is 5.86. The molecule has 0 saturated carbocycles. The van der Waals surface area contributed by atoms with Gasteiger partial charge in [0.05, 0.1) is 0 Å². The van der Waals surface area contributed by atoms with Crippen molar-refractivity contribution in [1.82, 2.24) is 5.32 Å². The van der Waals surface area contributed by atoms with E-state index in [1.54, 1.807) is 0 Å². The molecular weight excluding hydrogens is 442 g/mol. The quantitative estimate of drug-likeness (QED) is 0.552. The fourth-order valence-corrected chi connectivity index (χ4v) is 3.83. The number of fused-ring (bicyclic) bond motifs is 1. The number of urea groups is 1. The summed E-state index contributed by atoms with van der Waals surface area (Å²) in [6.45, 7) is 3.03. The van der Waals surface area contributed by atoms with Gasteiger partial charge in [0.1, 0.15) is 0 Å². The summed E-state index contributed by atoms with van der Waals surface area (Å²) < 4.78 is 0.955. The van der Waals surface area contributed by atoms with Gasteiger partial charge >= 0.3 is 6.03 Å². The molecule has 4 rings (SSSR count). The van der Waals surface area contributed by atoms with Crippen LogP contribution in [-0.4, -0.2) is 18.5 Å². The molecule has 0 aliphatic carbocycles. The molecule has 30 heavy (non-hydrogen) atoms. The van der Waals surface area contributed by atoms with Gasteiger partial charge in [-0.3, -0.25) is 4.79 Å². The summed E-state index contributed by atoms with van der Waals surface area (Å²) in [4.78, 5) is 27.0. The van der Waals surface area contributed by atoms with E-state index in [2.05, 4.69) is 26.6 Å². The SMILES string of the molecule is Cc1cccc(C(=O)N2CCc3ccc(CNC(=O)Nc4ccc(Br)cc4)cc32)c1. The number of amides is 3. The third-order valence-electron chi connectivity index (χ3n) is 5.11. The van der Waals surface area contributed by atoms with Gasteiger partial charge in [-0.1, -0.05) is 45.8 Å². The molecule has 1 heterocycles. The zero-order valence-electron chi connectivity index (χ0n) is 16.6. The first-order valence-electron chi connectivity index (χ1n) is 9.80. The maximum Gasteiger partial charge on any atom is 0.319 e. The second kappa shape index (κ2) is 8.71. The van der Waals surface area contributed by atoms with Crippen molar-refractivity contribution >= 4 is 39.2 Å². The number of rotatable bonds is 4. The van der Waals surface area contributed by atoms with Gasteiger partial charge in [-0.2, -0.15) is 0 Å². The highest BCUT2D eigenvalue weighted by Crippen LogP contribution is 2.30. The zero-order chi connectivity index (χ0) is 21.1. The van der Waals surface area contributed by atoms with Crippen molar-refractivity contribution in [3.05, 3.63) is 93.5 Å². The van der Waals surface area contributed by atoms with Crippen LogP contribution in [0.2, 0.25) is 0 Å². The monoisotopic (exact) mass is 463 g/mol. The van der Waals surface area contributed by atoms with Gasteiger partial charge in [-0.25, -0.2) is 4.79 Å². The van der Waals surface area contributed by atoms with E-state index in [9.17, 15) is 9.59 Å². The lowest BCUT2D eigenvalue weighted by molar-refractivity contribution is 0.0989. The standard InChI is InChI=1S/C24H22BrN3O2/c1-16-3-2-4-19(13-16)23(29)28-12-11-18-6-5-17(14-22(18)28)15-26-24(30)27-21-9-7-20(25)8-10-21/h2-10,13-14H,11-12,15H2,1H3,(H2,26,27,30). The molecule has 0 aromatic heterocycles. The number of nitrogens with one attached hydrogen (secondary N) is 2. The normalized spacial score (nSPS) is 12.4. The summed E-state index contributed by atoms with van der Waals surface area (Å²) in [6, 6.07) is 20.8. The summed E-state index contributed by atoms with van der Waals surface area (Å²) in [5.41, 5.74) is 5.51. The van der Waals surface area contributed by atoms with Crippen molar-refractivity contribution in [3.63, 3.8) is 0 Å². The number of carbonyl (C=O) groups excluding carboxylic acids is 2. The van der Waals surface area contributed by atoms with Crippen LogP contribution in [0, 0.1) is 6.92 Å². The average molecular weight is 464 g/mol. The Bertz CT molecular complexity index is 1100. The predicted molar refractivity (Wildman–Crippen MR) is 123 cm³/mol. The minimum atomic E-state index is -0.273. The molecule has 3 aromatic carbocycles. The molecule has 0 fully saturated rings. The molecule has 152 valence electrons. The third-order valence-corrected chi connectivity index (χ3v) is 5.64. The summed E-state index contributed by atoms with van der Waals surface area (Å²) in [5.74, 6) is 0.00976. The molecule has 0 spiro atoms. The molecule has 3 aromatic rings. The van der Waals surface area contributed by atoms with Crippen molar-refractivity contribution in [2.45, 2.75) is 19.9 Å². The van der Waals surface area contributed by atoms with Gasteiger partial charge in [0.15, 0.2) is 0 Å². The van der Waals surface area contributed by atoms with Crippen LogP contribution in [0.1, 0.15) is 27.0 Å². The van der Waals surface area contributed by atoms with Crippen LogP contribution in [0.3, 0.4) is 0 Å². The first-order chi connectivity index (χ1) is 14.5. The van der Waals surface area contributed by atoms with E-state index in [4.69, 9.17) is 0 Å². The number of aryl methyl sites for hydroxylation is 1. The summed E-state index contributed by atoms with van der Waals surface area (Å²) in [7, 11) is 0. The van der Waals surface area contributed by atoms with E-state index in [1.807, 2.05) is 78.6 Å². The van der Waals surface area contributed by atoms with Crippen LogP contribution >= 0.6 is 15.9 Å². The Morgan fingerprint density at radius 1 is 1.03 bits per heavy atom. The number of halogens is 1. The molecule has 0 radical (unpaired) electrons. The van der Waals surface area contributed by atoms with Gasteiger partial charge in [-0.15, -0.1) is 0 Å². The second-order valence-corrected chi connectivity index (χ2v) is 8.27. The Hall–Kier alpha value is -3.12. The van der Waals surface area contributed by atoms with Gasteiger partial charge in [0, 0.05) is 34.5 Å². The highest BCUT2D eigenvalue weighted by molar-refractivity contribution is 9.10. The zero-order valence-corrected chi connectivity index (χ0v) is 18.2. The third kappa shape index (κ3) is 4.54. The smallest absolute Gasteiger partial charge is 0.319 e. The Labute approximate surface area is 184 Å². The minimum Gasteiger partial charge on any atom is -0.334 e. The van der Waals surface area contributed by atoms with Crippen LogP contribution < -0.4 is 15.5 Å². The number of hydrogen-bond acceptors (Lipinski definition) is 2. The highest BCUT2D eigenvalue weighted by Gasteiger charge is 2.25. The molecule has 0 saturated heterocycles. The first kappa shape index (κ1) is 20.2. The molecule has 0 atom stereocenters. The van der Waals surface area contributed by atoms with Gasteiger partial charge in [-0.05, 0) is 66.9 Å². The van der Waals surface area contributed by atoms with E-state index < -0.39 is 0 Å². The number of hydrogen-bond donors (Lipinski definition) is 2. The van der Waals surface area contributed by atoms with E-state index in [0.29, 0.717) is 18.7 Å². The molecule has 6 heteroatoms. The number of anilines is 2. The average Bonchev–Trinajstić information content (AvgIpc) is 3.16. The van der Waals surface area contributed by atoms with E-state index in [0.717, 1.165) is 39.0 Å². The Morgan fingerprint density at radius 3 is 2.60 bits per heavy atom. The van der Waals surface area contributed by atoms with Crippen LogP contribution in [0.5, 0.6) is 0 Å². The molecule has 0 unspecified atom stereocenters. The maximum atomic E-state index is 13.0. The summed E-state index contributed by atoms with van der Waals surface area (Å²) >= 11 is 3.37. The van der Waals surface area contributed by atoms with Crippen LogP contribution in [0.15, 0.2) is 71.2 Å². The van der Waals surface area contributed by atoms with Crippen molar-refractivity contribution in [3.8, 4) is 0 Å². The van der Waals surface area contributed by atoms with Crippen molar-refractivity contribution < 1.29 is 9.59 Å². The fraction of sp³-hybridized carbons (Fsp3) is 0.167. The van der Waals surface area contributed by atoms with Crippen molar-refractivity contribution in [2.75, 3.05) is 16.8 Å². The highest BCUT2D eigenvalue weighted by atomic mass is 79.9. The Morgan fingerprint density at radius 2 is 1.83 bits per heavy atom. The molecule has 0 bridgehead atoms. The van der Waals surface area contributed by atoms with E-state index in [1.165, 1.54) is 0 Å². The summed E-state index contributed by atoms with van der Waals surface area (Å²) in [5, 5.41) is 5.68. The lowest BCUT2D eigenvalue weighted by Crippen LogP contribution is -2.29. The molecule has 1 aliphatic heterocycles. The van der Waals surface area contributed by atoms with Crippen LogP contribution in [0.25, 0.3) is 0 Å². The van der Waals surface area contributed by atoms with Crippen molar-refractivity contribution in [2.24, 2.45) is 0 Å². The maximum absolute atomic E-state index is 13.0. The number of benzene rings is 3. The molecule has 5 nitrogen and oxygen atoms in total. The lowest BCUT2D eigenvalue weighted by atomic mass is 10.1. The largest absolute Gasteiger partial charge is 0.334 e. The van der Waals surface area contributed by atoms with Gasteiger partial charge in [0.25, 0.3) is 5.91 Å². The predicted octanol–water partition coefficient (Wildman–Crippen LogP) is 5.28. The van der Waals surface area contributed by atoms with Gasteiger partial charge in [0.2, 0.25) is 0 Å². The fourth-order valence-electron chi connectivity index (χ4n) is 3.57. The Balaban J connectivity index is 1.43. The number of carbonyl (C=O) groups is 2.